The van der Waals surface area contributed by atoms with E-state index in [1.807, 2.05) is 37.3 Å². The highest BCUT2D eigenvalue weighted by Gasteiger charge is 2.12. The van der Waals surface area contributed by atoms with Crippen molar-refractivity contribution in [2.24, 2.45) is 0 Å². The molecule has 6 heteroatoms. The number of hydrogen-bond acceptors (Lipinski definition) is 4. The Balaban J connectivity index is 1.45. The van der Waals surface area contributed by atoms with E-state index in [4.69, 9.17) is 0 Å². The van der Waals surface area contributed by atoms with Crippen LogP contribution in [0, 0.1) is 6.92 Å². The van der Waals surface area contributed by atoms with Crippen molar-refractivity contribution in [3.8, 4) is 0 Å². The molecule has 29 heavy (non-hydrogen) atoms. The smallest absolute Gasteiger partial charge is 0.261 e. The van der Waals surface area contributed by atoms with Crippen molar-refractivity contribution >= 4 is 22.5 Å². The number of carbonyl (C=O) groups excluding carboxylic acids is 1. The van der Waals surface area contributed by atoms with Crippen LogP contribution in [0.2, 0.25) is 0 Å². The molecule has 6 nitrogen and oxygen atoms in total. The normalized spacial score (nSPS) is 14.8. The molecule has 1 amide bonds. The van der Waals surface area contributed by atoms with E-state index in [0.29, 0.717) is 10.9 Å². The lowest BCUT2D eigenvalue weighted by Gasteiger charge is -2.26. The van der Waals surface area contributed by atoms with Crippen LogP contribution in [-0.4, -0.2) is 33.4 Å². The summed E-state index contributed by atoms with van der Waals surface area (Å²) in [6.45, 7) is 5.02. The maximum atomic E-state index is 12.7. The number of benzene rings is 2. The fourth-order valence-corrected chi connectivity index (χ4v) is 3.93. The first-order chi connectivity index (χ1) is 14.1. The van der Waals surface area contributed by atoms with Gasteiger partial charge in [-0.1, -0.05) is 30.7 Å². The number of aromatic nitrogens is 2. The van der Waals surface area contributed by atoms with Crippen molar-refractivity contribution in [2.75, 3.05) is 18.4 Å². The van der Waals surface area contributed by atoms with Crippen LogP contribution in [-0.2, 0) is 17.9 Å². The number of piperidine rings is 1. The molecule has 2 heterocycles. The van der Waals surface area contributed by atoms with Crippen LogP contribution in [0.1, 0.15) is 30.4 Å². The molecule has 3 aromatic rings. The number of hydrogen-bond donors (Lipinski definition) is 1. The van der Waals surface area contributed by atoms with Gasteiger partial charge in [0.2, 0.25) is 5.91 Å². The highest BCUT2D eigenvalue weighted by molar-refractivity contribution is 5.91. The van der Waals surface area contributed by atoms with E-state index >= 15 is 0 Å². The van der Waals surface area contributed by atoms with Crippen molar-refractivity contribution in [1.82, 2.24) is 14.5 Å². The number of aryl methyl sites for hydroxylation is 1. The Hall–Kier alpha value is -2.99. The van der Waals surface area contributed by atoms with Gasteiger partial charge in [-0.05, 0) is 62.2 Å². The predicted molar refractivity (Wildman–Crippen MR) is 115 cm³/mol. The third-order valence-electron chi connectivity index (χ3n) is 5.43. The Morgan fingerprint density at radius 1 is 1.10 bits per heavy atom. The van der Waals surface area contributed by atoms with Gasteiger partial charge >= 0.3 is 0 Å². The maximum Gasteiger partial charge on any atom is 0.261 e. The topological polar surface area (TPSA) is 67.2 Å². The summed E-state index contributed by atoms with van der Waals surface area (Å²) >= 11 is 0. The number of fused-ring (bicyclic) bond motifs is 1. The molecule has 0 atom stereocenters. The summed E-state index contributed by atoms with van der Waals surface area (Å²) in [7, 11) is 0. The first-order valence-electron chi connectivity index (χ1n) is 10.2. The van der Waals surface area contributed by atoms with Gasteiger partial charge in [0, 0.05) is 12.2 Å². The molecule has 150 valence electrons. The molecular formula is C23H26N4O2. The van der Waals surface area contributed by atoms with Gasteiger partial charge in [0.1, 0.15) is 6.54 Å². The molecular weight excluding hydrogens is 364 g/mol. The summed E-state index contributed by atoms with van der Waals surface area (Å²) in [5, 5.41) is 3.44. The molecule has 1 N–H and O–H groups in total. The lowest BCUT2D eigenvalue weighted by atomic mass is 10.1. The first kappa shape index (κ1) is 19.3. The van der Waals surface area contributed by atoms with Crippen molar-refractivity contribution in [3.63, 3.8) is 0 Å². The van der Waals surface area contributed by atoms with Gasteiger partial charge in [0.15, 0.2) is 0 Å². The molecule has 0 aliphatic carbocycles. The van der Waals surface area contributed by atoms with Crippen LogP contribution < -0.4 is 10.9 Å². The number of para-hydroxylation sites is 1. The largest absolute Gasteiger partial charge is 0.325 e. The fourth-order valence-electron chi connectivity index (χ4n) is 3.93. The van der Waals surface area contributed by atoms with Gasteiger partial charge < -0.3 is 5.32 Å². The monoisotopic (exact) mass is 390 g/mol. The highest BCUT2D eigenvalue weighted by atomic mass is 16.2. The lowest BCUT2D eigenvalue weighted by molar-refractivity contribution is -0.116. The Bertz CT molecular complexity index is 1080. The molecule has 1 aliphatic rings. The second-order valence-corrected chi connectivity index (χ2v) is 7.73. The summed E-state index contributed by atoms with van der Waals surface area (Å²) in [6, 6.07) is 13.4. The lowest BCUT2D eigenvalue weighted by Crippen LogP contribution is -2.29. The molecule has 0 radical (unpaired) electrons. The van der Waals surface area contributed by atoms with Crippen LogP contribution in [0.5, 0.6) is 0 Å². The molecule has 1 fully saturated rings. The van der Waals surface area contributed by atoms with Crippen molar-refractivity contribution in [1.29, 1.82) is 0 Å². The number of nitrogens with one attached hydrogen (secondary N) is 1. The minimum absolute atomic E-state index is 0.0634. The summed E-state index contributed by atoms with van der Waals surface area (Å²) in [6.07, 6.45) is 5.27. The Labute approximate surface area is 170 Å². The van der Waals surface area contributed by atoms with Crippen LogP contribution in [0.4, 0.5) is 5.69 Å². The predicted octanol–water partition coefficient (Wildman–Crippen LogP) is 3.33. The van der Waals surface area contributed by atoms with E-state index < -0.39 is 0 Å². The number of anilines is 1. The van der Waals surface area contributed by atoms with E-state index in [1.54, 1.807) is 6.07 Å². The Morgan fingerprint density at radius 3 is 2.72 bits per heavy atom. The van der Waals surface area contributed by atoms with Crippen LogP contribution in [0.15, 0.2) is 53.6 Å². The van der Waals surface area contributed by atoms with Crippen molar-refractivity contribution in [3.05, 3.63) is 70.3 Å². The minimum atomic E-state index is -0.240. The highest BCUT2D eigenvalue weighted by Crippen LogP contribution is 2.16. The molecule has 1 aliphatic heterocycles. The molecule has 2 aromatic carbocycles. The Kier molecular flexibility index (Phi) is 5.71. The average Bonchev–Trinajstić information content (AvgIpc) is 2.72. The zero-order chi connectivity index (χ0) is 20.2. The SMILES string of the molecule is Cc1cccc2c(=O)n(CC(=O)Nc3cccc(CN4CCCCC4)c3)cnc12. The van der Waals surface area contributed by atoms with E-state index in [-0.39, 0.29) is 18.0 Å². The Morgan fingerprint density at radius 2 is 1.90 bits per heavy atom. The van der Waals surface area contributed by atoms with Gasteiger partial charge in [-0.2, -0.15) is 0 Å². The zero-order valence-electron chi connectivity index (χ0n) is 16.7. The number of likely N-dealkylation sites (tertiary alicyclic amines) is 1. The van der Waals surface area contributed by atoms with Crippen LogP contribution in [0.25, 0.3) is 10.9 Å². The maximum absolute atomic E-state index is 12.7. The summed E-state index contributed by atoms with van der Waals surface area (Å²) in [5.41, 5.74) is 3.36. The van der Waals surface area contributed by atoms with Crippen molar-refractivity contribution in [2.45, 2.75) is 39.3 Å². The average molecular weight is 390 g/mol. The zero-order valence-corrected chi connectivity index (χ0v) is 16.7. The van der Waals surface area contributed by atoms with Gasteiger partial charge in [0.05, 0.1) is 17.2 Å². The second kappa shape index (κ2) is 8.57. The van der Waals surface area contributed by atoms with E-state index in [9.17, 15) is 9.59 Å². The summed E-state index contributed by atoms with van der Waals surface area (Å²) < 4.78 is 1.36. The molecule has 0 unspecified atom stereocenters. The minimum Gasteiger partial charge on any atom is -0.325 e. The third kappa shape index (κ3) is 4.54. The van der Waals surface area contributed by atoms with Crippen LogP contribution >= 0.6 is 0 Å². The number of rotatable bonds is 5. The van der Waals surface area contributed by atoms with Gasteiger partial charge in [-0.3, -0.25) is 19.1 Å². The van der Waals surface area contributed by atoms with Crippen molar-refractivity contribution < 1.29 is 4.79 Å². The second-order valence-electron chi connectivity index (χ2n) is 7.73. The summed E-state index contributed by atoms with van der Waals surface area (Å²) in [5.74, 6) is -0.240. The van der Waals surface area contributed by atoms with Gasteiger partial charge in [-0.15, -0.1) is 0 Å². The number of nitrogens with zero attached hydrogens (tertiary/aromatic N) is 3. The standard InChI is InChI=1S/C23H26N4O2/c1-17-7-5-10-20-22(17)24-16-27(23(20)29)15-21(28)25-19-9-6-8-18(13-19)14-26-11-3-2-4-12-26/h5-10,13,16H,2-4,11-12,14-15H2,1H3,(H,25,28). The van der Waals surface area contributed by atoms with E-state index in [0.717, 1.165) is 30.9 Å². The quantitative estimate of drug-likeness (QED) is 0.726. The van der Waals surface area contributed by atoms with E-state index in [2.05, 4.69) is 21.3 Å². The molecule has 0 bridgehead atoms. The molecule has 4 rings (SSSR count). The molecule has 1 aromatic heterocycles. The number of carbonyl (C=O) groups is 1. The molecule has 0 saturated carbocycles. The van der Waals surface area contributed by atoms with Crippen LogP contribution in [0.3, 0.4) is 0 Å². The molecule has 0 spiro atoms. The van der Waals surface area contributed by atoms with Gasteiger partial charge in [-0.25, -0.2) is 4.98 Å². The van der Waals surface area contributed by atoms with E-state index in [1.165, 1.54) is 35.7 Å². The fraction of sp³-hybridized carbons (Fsp3) is 0.348. The van der Waals surface area contributed by atoms with Gasteiger partial charge in [0.25, 0.3) is 5.56 Å². The first-order valence-corrected chi connectivity index (χ1v) is 10.2. The summed E-state index contributed by atoms with van der Waals surface area (Å²) in [4.78, 5) is 32.0. The number of amides is 1. The third-order valence-corrected chi connectivity index (χ3v) is 5.43. The molecule has 1 saturated heterocycles.